The molecule has 2 fully saturated rings. The number of aliphatic hydroxyl groups is 1. The molecule has 2 saturated heterocycles. The van der Waals surface area contributed by atoms with Crippen LogP contribution in [0.15, 0.2) is 36.9 Å². The summed E-state index contributed by atoms with van der Waals surface area (Å²) in [5, 5.41) is 10.6. The summed E-state index contributed by atoms with van der Waals surface area (Å²) in [5.41, 5.74) is 0.920. The lowest BCUT2D eigenvalue weighted by Gasteiger charge is -2.31. The van der Waals surface area contributed by atoms with Gasteiger partial charge in [0.2, 0.25) is 0 Å². The van der Waals surface area contributed by atoms with Gasteiger partial charge in [0.1, 0.15) is 11.9 Å². The van der Waals surface area contributed by atoms with Crippen LogP contribution in [0.1, 0.15) is 12.5 Å². The number of nitrogens with zero attached hydrogens (tertiary/aromatic N) is 1. The van der Waals surface area contributed by atoms with Gasteiger partial charge in [-0.3, -0.25) is 0 Å². The predicted molar refractivity (Wildman–Crippen MR) is 82.9 cm³/mol. The number of likely N-dealkylation sites (N-methyl/N-ethyl adjacent to an activating group) is 1. The molecule has 0 saturated carbocycles. The third-order valence-corrected chi connectivity index (χ3v) is 4.21. The van der Waals surface area contributed by atoms with Crippen LogP contribution in [0.5, 0.6) is 5.75 Å². The molecular formula is C17H19NO6. The quantitative estimate of drug-likeness (QED) is 0.480. The standard InChI is InChI=1S/C17H19NO6/c1-3-7-11-8-5-6-9-12(11)22-13-10-18(4-2)17(14(13)19)23-15(20)16(21)24-17/h3,5-6,8-9,13-14,19H,1,4,7,10H2,2H3. The van der Waals surface area contributed by atoms with E-state index in [1.165, 1.54) is 0 Å². The van der Waals surface area contributed by atoms with Crippen LogP contribution in [-0.2, 0) is 25.5 Å². The third kappa shape index (κ3) is 2.55. The SMILES string of the molecule is C=CCc1ccccc1OC1CN(CC)C2(OC(=O)C(=O)O2)C1O. The van der Waals surface area contributed by atoms with Gasteiger partial charge in [0.15, 0.2) is 6.10 Å². The first-order valence-electron chi connectivity index (χ1n) is 7.76. The van der Waals surface area contributed by atoms with Gasteiger partial charge in [0.25, 0.3) is 0 Å². The summed E-state index contributed by atoms with van der Waals surface area (Å²) in [6.07, 6.45) is 0.346. The third-order valence-electron chi connectivity index (χ3n) is 4.21. The fourth-order valence-electron chi connectivity index (χ4n) is 3.04. The monoisotopic (exact) mass is 333 g/mol. The lowest BCUT2D eigenvalue weighted by molar-refractivity contribution is -0.271. The molecule has 7 nitrogen and oxygen atoms in total. The van der Waals surface area contributed by atoms with Gasteiger partial charge in [-0.05, 0) is 18.1 Å². The molecule has 24 heavy (non-hydrogen) atoms. The molecule has 1 aromatic rings. The van der Waals surface area contributed by atoms with E-state index in [4.69, 9.17) is 14.2 Å². The smallest absolute Gasteiger partial charge is 0.422 e. The van der Waals surface area contributed by atoms with E-state index in [1.54, 1.807) is 17.0 Å². The number of ether oxygens (including phenoxy) is 3. The number of esters is 2. The lowest BCUT2D eigenvalue weighted by atomic mass is 10.1. The second-order valence-corrected chi connectivity index (χ2v) is 5.65. The zero-order chi connectivity index (χ0) is 17.3. The number of hydrogen-bond donors (Lipinski definition) is 1. The van der Waals surface area contributed by atoms with Gasteiger partial charge in [-0.2, -0.15) is 0 Å². The van der Waals surface area contributed by atoms with Crippen LogP contribution in [0.25, 0.3) is 0 Å². The average molecular weight is 333 g/mol. The minimum Gasteiger partial charge on any atom is -0.486 e. The molecule has 2 unspecified atom stereocenters. The van der Waals surface area contributed by atoms with Crippen molar-refractivity contribution in [3.63, 3.8) is 0 Å². The molecule has 7 heteroatoms. The molecule has 3 rings (SSSR count). The number of allylic oxidation sites excluding steroid dienone is 1. The van der Waals surface area contributed by atoms with Gasteiger partial charge in [0, 0.05) is 13.1 Å². The maximum Gasteiger partial charge on any atom is 0.422 e. The molecule has 0 aliphatic carbocycles. The number of aliphatic hydroxyl groups excluding tert-OH is 1. The van der Waals surface area contributed by atoms with Gasteiger partial charge in [-0.15, -0.1) is 6.58 Å². The molecule has 2 aliphatic rings. The minimum atomic E-state index is -1.80. The Morgan fingerprint density at radius 2 is 2.04 bits per heavy atom. The Morgan fingerprint density at radius 1 is 1.38 bits per heavy atom. The van der Waals surface area contributed by atoms with Crippen molar-refractivity contribution in [3.05, 3.63) is 42.5 Å². The number of benzene rings is 1. The molecule has 0 radical (unpaired) electrons. The molecule has 2 atom stereocenters. The van der Waals surface area contributed by atoms with Gasteiger partial charge in [-0.1, -0.05) is 31.2 Å². The van der Waals surface area contributed by atoms with Gasteiger partial charge in [0.05, 0.1) is 0 Å². The summed E-state index contributed by atoms with van der Waals surface area (Å²) >= 11 is 0. The molecule has 1 aromatic carbocycles. The van der Waals surface area contributed by atoms with Crippen molar-refractivity contribution in [1.82, 2.24) is 4.90 Å². The van der Waals surface area contributed by atoms with Crippen molar-refractivity contribution in [1.29, 1.82) is 0 Å². The Kier molecular flexibility index (Phi) is 4.29. The number of carbonyl (C=O) groups is 2. The highest BCUT2D eigenvalue weighted by Crippen LogP contribution is 2.38. The normalized spacial score (nSPS) is 25.6. The fourth-order valence-corrected chi connectivity index (χ4v) is 3.04. The molecule has 2 heterocycles. The maximum atomic E-state index is 11.5. The minimum absolute atomic E-state index is 0.251. The van der Waals surface area contributed by atoms with Gasteiger partial charge < -0.3 is 19.3 Å². The largest absolute Gasteiger partial charge is 0.486 e. The van der Waals surface area contributed by atoms with E-state index in [1.807, 2.05) is 25.1 Å². The molecule has 128 valence electrons. The Morgan fingerprint density at radius 3 is 2.67 bits per heavy atom. The van der Waals surface area contributed by atoms with E-state index in [-0.39, 0.29) is 6.54 Å². The van der Waals surface area contributed by atoms with Crippen molar-refractivity contribution in [2.75, 3.05) is 13.1 Å². The number of hydrogen-bond acceptors (Lipinski definition) is 7. The Labute approximate surface area is 139 Å². The highest BCUT2D eigenvalue weighted by Gasteiger charge is 2.65. The van der Waals surface area contributed by atoms with Crippen molar-refractivity contribution in [2.45, 2.75) is 31.5 Å². The van der Waals surface area contributed by atoms with E-state index in [0.717, 1.165) is 5.56 Å². The van der Waals surface area contributed by atoms with Crippen LogP contribution < -0.4 is 4.74 Å². The predicted octanol–water partition coefficient (Wildman–Crippen LogP) is 0.613. The average Bonchev–Trinajstić information content (AvgIpc) is 3.00. The molecule has 0 amide bonds. The summed E-state index contributed by atoms with van der Waals surface area (Å²) < 4.78 is 16.0. The van der Waals surface area contributed by atoms with Crippen LogP contribution >= 0.6 is 0 Å². The first kappa shape index (κ1) is 16.5. The topological polar surface area (TPSA) is 85.3 Å². The van der Waals surface area contributed by atoms with E-state index < -0.39 is 30.1 Å². The highest BCUT2D eigenvalue weighted by atomic mass is 16.8. The Hall–Kier alpha value is -2.38. The van der Waals surface area contributed by atoms with Crippen LogP contribution in [0.3, 0.4) is 0 Å². The van der Waals surface area contributed by atoms with Gasteiger partial charge >= 0.3 is 17.8 Å². The molecule has 1 N–H and O–H groups in total. The van der Waals surface area contributed by atoms with Crippen molar-refractivity contribution in [3.8, 4) is 5.75 Å². The summed E-state index contributed by atoms with van der Waals surface area (Å²) in [6.45, 7) is 6.18. The zero-order valence-electron chi connectivity index (χ0n) is 13.3. The number of likely N-dealkylation sites (tertiary alicyclic amines) is 1. The van der Waals surface area contributed by atoms with E-state index >= 15 is 0 Å². The summed E-state index contributed by atoms with van der Waals surface area (Å²) in [7, 11) is 0. The Bertz CT molecular complexity index is 657. The van der Waals surface area contributed by atoms with Crippen molar-refractivity contribution in [2.24, 2.45) is 0 Å². The van der Waals surface area contributed by atoms with Crippen LogP contribution in [0.4, 0.5) is 0 Å². The van der Waals surface area contributed by atoms with Crippen molar-refractivity contribution >= 4 is 11.9 Å². The fraction of sp³-hybridized carbons (Fsp3) is 0.412. The van der Waals surface area contributed by atoms with Gasteiger partial charge in [-0.25, -0.2) is 14.5 Å². The Balaban J connectivity index is 1.85. The summed E-state index contributed by atoms with van der Waals surface area (Å²) in [4.78, 5) is 24.5. The van der Waals surface area contributed by atoms with E-state index in [0.29, 0.717) is 18.7 Å². The molecule has 0 aromatic heterocycles. The van der Waals surface area contributed by atoms with Crippen LogP contribution in [-0.4, -0.2) is 53.2 Å². The second kappa shape index (κ2) is 6.26. The second-order valence-electron chi connectivity index (χ2n) is 5.65. The number of para-hydroxylation sites is 1. The first-order valence-corrected chi connectivity index (χ1v) is 7.76. The number of carbonyl (C=O) groups excluding carboxylic acids is 2. The van der Waals surface area contributed by atoms with E-state index in [9.17, 15) is 14.7 Å². The van der Waals surface area contributed by atoms with Crippen molar-refractivity contribution < 1.29 is 28.9 Å². The number of rotatable bonds is 5. The maximum absolute atomic E-state index is 11.5. The zero-order valence-corrected chi connectivity index (χ0v) is 13.3. The molecule has 1 spiro atoms. The van der Waals surface area contributed by atoms with E-state index in [2.05, 4.69) is 6.58 Å². The summed E-state index contributed by atoms with van der Waals surface area (Å²) in [6, 6.07) is 7.41. The van der Waals surface area contributed by atoms with Crippen LogP contribution in [0, 0.1) is 0 Å². The molecular weight excluding hydrogens is 314 g/mol. The summed E-state index contributed by atoms with van der Waals surface area (Å²) in [5.74, 6) is -3.42. The van der Waals surface area contributed by atoms with Crippen LogP contribution in [0.2, 0.25) is 0 Å². The first-order chi connectivity index (χ1) is 11.5. The lowest BCUT2D eigenvalue weighted by Crippen LogP contribution is -2.53. The molecule has 0 bridgehead atoms. The molecule has 2 aliphatic heterocycles. The highest BCUT2D eigenvalue weighted by molar-refractivity contribution is 6.31.